The fraction of sp³-hybridized carbons (Fsp3) is 0.500. The molecule has 27 heavy (non-hydrogen) atoms. The monoisotopic (exact) mass is 374 g/mol. The number of anilines is 1. The second kappa shape index (κ2) is 8.00. The van der Waals surface area contributed by atoms with Gasteiger partial charge in [-0.25, -0.2) is 4.79 Å². The van der Waals surface area contributed by atoms with Crippen molar-refractivity contribution in [1.82, 2.24) is 4.98 Å². The summed E-state index contributed by atoms with van der Waals surface area (Å²) in [6.45, 7) is 6.13. The Balaban J connectivity index is 1.94. The number of aromatic amines is 1. The number of rotatable bonds is 5. The first kappa shape index (κ1) is 19.2. The van der Waals surface area contributed by atoms with E-state index < -0.39 is 5.97 Å². The van der Waals surface area contributed by atoms with E-state index in [0.717, 1.165) is 19.5 Å². The molecule has 0 aliphatic carbocycles. The minimum atomic E-state index is -0.532. The van der Waals surface area contributed by atoms with Crippen LogP contribution in [-0.4, -0.2) is 50.2 Å². The van der Waals surface area contributed by atoms with Gasteiger partial charge in [0.2, 0.25) is 0 Å². The topological polar surface area (TPSA) is 84.9 Å². The smallest absolute Gasteiger partial charge is 0.356 e. The molecule has 1 fully saturated rings. The molecule has 1 aliphatic heterocycles. The summed E-state index contributed by atoms with van der Waals surface area (Å²) in [5, 5.41) is 3.63. The maximum Gasteiger partial charge on any atom is 0.356 e. The summed E-state index contributed by atoms with van der Waals surface area (Å²) in [6, 6.07) is 5.25. The van der Waals surface area contributed by atoms with E-state index >= 15 is 0 Å². The highest BCUT2D eigenvalue weighted by atomic mass is 16.5. The standard InChI is InChI=1S/C20H27N3O4/c1-12-7-6-10-23(11-12)13(2)19(24)22-17-16-14(8-5-9-15(16)26-3)21-18(17)20(25)27-4/h5,8-9,12-13,21H,6-7,10-11H2,1-4H3,(H,22,24)/p+1/t12-,13-/m0/s1. The molecule has 2 heterocycles. The summed E-state index contributed by atoms with van der Waals surface area (Å²) < 4.78 is 10.3. The van der Waals surface area contributed by atoms with Gasteiger partial charge in [0.25, 0.3) is 5.91 Å². The summed E-state index contributed by atoms with van der Waals surface area (Å²) in [5.41, 5.74) is 1.34. The van der Waals surface area contributed by atoms with Crippen LogP contribution in [0.3, 0.4) is 0 Å². The molecule has 3 N–H and O–H groups in total. The maximum absolute atomic E-state index is 13.0. The average Bonchev–Trinajstić information content (AvgIpc) is 3.05. The van der Waals surface area contributed by atoms with Crippen molar-refractivity contribution in [3.05, 3.63) is 23.9 Å². The Hall–Kier alpha value is -2.54. The van der Waals surface area contributed by atoms with Gasteiger partial charge in [-0.15, -0.1) is 0 Å². The van der Waals surface area contributed by atoms with Crippen LogP contribution in [0.4, 0.5) is 5.69 Å². The minimum absolute atomic E-state index is 0.115. The molecule has 1 unspecified atom stereocenters. The Labute approximate surface area is 159 Å². The highest BCUT2D eigenvalue weighted by molar-refractivity contribution is 6.13. The van der Waals surface area contributed by atoms with Gasteiger partial charge in [0.1, 0.15) is 11.4 Å². The largest absolute Gasteiger partial charge is 0.496 e. The van der Waals surface area contributed by atoms with Gasteiger partial charge < -0.3 is 24.7 Å². The fourth-order valence-corrected chi connectivity index (χ4v) is 3.91. The van der Waals surface area contributed by atoms with E-state index in [1.54, 1.807) is 13.2 Å². The van der Waals surface area contributed by atoms with Gasteiger partial charge in [-0.3, -0.25) is 4.79 Å². The van der Waals surface area contributed by atoms with Crippen molar-refractivity contribution in [3.63, 3.8) is 0 Å². The van der Waals surface area contributed by atoms with Gasteiger partial charge in [0, 0.05) is 5.92 Å². The Kier molecular flexibility index (Phi) is 5.70. The van der Waals surface area contributed by atoms with Crippen LogP contribution >= 0.6 is 0 Å². The number of hydrogen-bond acceptors (Lipinski definition) is 4. The van der Waals surface area contributed by atoms with Crippen LogP contribution in [0.5, 0.6) is 5.75 Å². The summed E-state index contributed by atoms with van der Waals surface area (Å²) in [7, 11) is 2.88. The number of quaternary nitrogens is 1. The van der Waals surface area contributed by atoms with Crippen molar-refractivity contribution < 1.29 is 24.0 Å². The molecule has 1 aromatic carbocycles. The van der Waals surface area contributed by atoms with Crippen molar-refractivity contribution in [2.75, 3.05) is 32.6 Å². The summed E-state index contributed by atoms with van der Waals surface area (Å²) in [5.74, 6) is 0.551. The molecule has 0 bridgehead atoms. The number of carbonyl (C=O) groups excluding carboxylic acids is 2. The molecular weight excluding hydrogens is 346 g/mol. The lowest BCUT2D eigenvalue weighted by atomic mass is 9.99. The molecule has 0 spiro atoms. The van der Waals surface area contributed by atoms with Crippen molar-refractivity contribution in [2.45, 2.75) is 32.7 Å². The van der Waals surface area contributed by atoms with Gasteiger partial charge in [0.15, 0.2) is 6.04 Å². The predicted octanol–water partition coefficient (Wildman–Crippen LogP) is 1.60. The highest BCUT2D eigenvalue weighted by Gasteiger charge is 2.31. The first-order chi connectivity index (χ1) is 13.0. The van der Waals surface area contributed by atoms with Crippen molar-refractivity contribution in [2.24, 2.45) is 5.92 Å². The van der Waals surface area contributed by atoms with Crippen molar-refractivity contribution >= 4 is 28.5 Å². The zero-order chi connectivity index (χ0) is 19.6. The number of nitrogens with one attached hydrogen (secondary N) is 3. The molecule has 7 nitrogen and oxygen atoms in total. The number of benzene rings is 1. The van der Waals surface area contributed by atoms with Crippen LogP contribution in [0.25, 0.3) is 10.9 Å². The predicted molar refractivity (Wildman–Crippen MR) is 103 cm³/mol. The quantitative estimate of drug-likeness (QED) is 0.694. The van der Waals surface area contributed by atoms with Crippen LogP contribution in [0, 0.1) is 5.92 Å². The summed E-state index contributed by atoms with van der Waals surface area (Å²) >= 11 is 0. The number of ether oxygens (including phenoxy) is 2. The molecule has 0 radical (unpaired) electrons. The number of aromatic nitrogens is 1. The van der Waals surface area contributed by atoms with Gasteiger partial charge in [0.05, 0.1) is 43.9 Å². The molecular formula is C20H28N3O4+. The second-order valence-corrected chi connectivity index (χ2v) is 7.32. The van der Waals surface area contributed by atoms with E-state index in [4.69, 9.17) is 9.47 Å². The van der Waals surface area contributed by atoms with E-state index in [0.29, 0.717) is 28.3 Å². The number of methoxy groups -OCH3 is 2. The lowest BCUT2D eigenvalue weighted by Crippen LogP contribution is -3.17. The second-order valence-electron chi connectivity index (χ2n) is 7.32. The number of carbonyl (C=O) groups is 2. The molecule has 1 amide bonds. The SMILES string of the molecule is COC(=O)c1[nH]c2cccc(OC)c2c1NC(=O)[C@H](C)[NH+]1CCC[C@H](C)C1. The van der Waals surface area contributed by atoms with E-state index in [-0.39, 0.29) is 17.6 Å². The van der Waals surface area contributed by atoms with E-state index in [9.17, 15) is 9.59 Å². The van der Waals surface area contributed by atoms with Gasteiger partial charge in [-0.05, 0) is 31.9 Å². The van der Waals surface area contributed by atoms with Crippen LogP contribution in [0.2, 0.25) is 0 Å². The van der Waals surface area contributed by atoms with Crippen LogP contribution in [-0.2, 0) is 9.53 Å². The number of likely N-dealkylation sites (tertiary alicyclic amines) is 1. The summed E-state index contributed by atoms with van der Waals surface area (Å²) in [6.07, 6.45) is 2.34. The van der Waals surface area contributed by atoms with Crippen LogP contribution in [0.1, 0.15) is 37.2 Å². The Morgan fingerprint density at radius 3 is 2.78 bits per heavy atom. The Morgan fingerprint density at radius 1 is 1.33 bits per heavy atom. The van der Waals surface area contributed by atoms with E-state index in [1.807, 2.05) is 19.1 Å². The number of esters is 1. The van der Waals surface area contributed by atoms with Crippen LogP contribution < -0.4 is 15.0 Å². The molecule has 3 rings (SSSR count). The third-order valence-electron chi connectivity index (χ3n) is 5.45. The molecule has 0 saturated carbocycles. The number of piperidine rings is 1. The number of hydrogen-bond donors (Lipinski definition) is 3. The van der Waals surface area contributed by atoms with Gasteiger partial charge in [-0.1, -0.05) is 13.0 Å². The fourth-order valence-electron chi connectivity index (χ4n) is 3.91. The maximum atomic E-state index is 13.0. The number of amides is 1. The average molecular weight is 374 g/mol. The number of fused-ring (bicyclic) bond motifs is 1. The lowest BCUT2D eigenvalue weighted by molar-refractivity contribution is -0.922. The van der Waals surface area contributed by atoms with E-state index in [2.05, 4.69) is 17.2 Å². The molecule has 1 aromatic heterocycles. The van der Waals surface area contributed by atoms with Crippen molar-refractivity contribution in [1.29, 1.82) is 0 Å². The number of H-pyrrole nitrogens is 1. The van der Waals surface area contributed by atoms with Gasteiger partial charge in [-0.2, -0.15) is 0 Å². The normalized spacial score (nSPS) is 20.9. The molecule has 1 saturated heterocycles. The lowest BCUT2D eigenvalue weighted by Gasteiger charge is -2.31. The molecule has 146 valence electrons. The minimum Gasteiger partial charge on any atom is -0.496 e. The van der Waals surface area contributed by atoms with Crippen LogP contribution in [0.15, 0.2) is 18.2 Å². The Morgan fingerprint density at radius 2 is 2.11 bits per heavy atom. The van der Waals surface area contributed by atoms with Gasteiger partial charge >= 0.3 is 5.97 Å². The molecule has 2 aromatic rings. The third-order valence-corrected chi connectivity index (χ3v) is 5.45. The third kappa shape index (κ3) is 3.78. The zero-order valence-electron chi connectivity index (χ0n) is 16.3. The highest BCUT2D eigenvalue weighted by Crippen LogP contribution is 2.35. The van der Waals surface area contributed by atoms with Crippen molar-refractivity contribution in [3.8, 4) is 5.75 Å². The molecule has 7 heteroatoms. The van der Waals surface area contributed by atoms with E-state index in [1.165, 1.54) is 18.4 Å². The Bertz CT molecular complexity index is 845. The summed E-state index contributed by atoms with van der Waals surface area (Å²) in [4.78, 5) is 29.6. The first-order valence-electron chi connectivity index (χ1n) is 9.38. The molecule has 1 aliphatic rings. The molecule has 3 atom stereocenters. The zero-order valence-corrected chi connectivity index (χ0v) is 16.3. The first-order valence-corrected chi connectivity index (χ1v) is 9.38.